The van der Waals surface area contributed by atoms with Crippen LogP contribution in [0, 0.1) is 0 Å². The highest BCUT2D eigenvalue weighted by atomic mass is 16.5. The molecule has 1 N–H and O–H groups in total. The van der Waals surface area contributed by atoms with Gasteiger partial charge in [-0.1, -0.05) is 19.1 Å². The number of rotatable bonds is 8. The molecule has 1 unspecified atom stereocenters. The normalized spacial score (nSPS) is 15.2. The van der Waals surface area contributed by atoms with Crippen molar-refractivity contribution in [3.05, 3.63) is 29.8 Å². The van der Waals surface area contributed by atoms with Crippen LogP contribution in [0.15, 0.2) is 24.3 Å². The van der Waals surface area contributed by atoms with Crippen LogP contribution in [0.25, 0.3) is 0 Å². The fourth-order valence-electron chi connectivity index (χ4n) is 2.44. The van der Waals surface area contributed by atoms with Crippen LogP contribution in [-0.2, 0) is 16.0 Å². The van der Waals surface area contributed by atoms with Gasteiger partial charge in [0.15, 0.2) is 0 Å². The molecular weight excluding hydrogens is 282 g/mol. The molecule has 2 rings (SSSR count). The number of hydrogen-bond donors (Lipinski definition) is 1. The van der Waals surface area contributed by atoms with E-state index in [4.69, 9.17) is 4.74 Å². The number of nitrogens with zero attached hydrogens (tertiary/aromatic N) is 1. The molecule has 1 aromatic carbocycles. The summed E-state index contributed by atoms with van der Waals surface area (Å²) in [5, 5.41) is 9.17. The topological polar surface area (TPSA) is 66.8 Å². The van der Waals surface area contributed by atoms with Gasteiger partial charge in [0.2, 0.25) is 5.91 Å². The summed E-state index contributed by atoms with van der Waals surface area (Å²) in [6.07, 6.45) is 2.91. The summed E-state index contributed by atoms with van der Waals surface area (Å²) in [6, 6.07) is 6.74. The van der Waals surface area contributed by atoms with E-state index in [9.17, 15) is 14.7 Å². The first-order valence-electron chi connectivity index (χ1n) is 7.78. The third kappa shape index (κ3) is 4.23. The first-order chi connectivity index (χ1) is 10.5. The van der Waals surface area contributed by atoms with Gasteiger partial charge < -0.3 is 14.7 Å². The van der Waals surface area contributed by atoms with E-state index < -0.39 is 12.0 Å². The van der Waals surface area contributed by atoms with E-state index in [-0.39, 0.29) is 18.4 Å². The number of hydrogen-bond acceptors (Lipinski definition) is 3. The monoisotopic (exact) mass is 305 g/mol. The number of benzene rings is 1. The zero-order valence-corrected chi connectivity index (χ0v) is 13.1. The Morgan fingerprint density at radius 2 is 2.14 bits per heavy atom. The van der Waals surface area contributed by atoms with Crippen molar-refractivity contribution in [2.45, 2.75) is 51.6 Å². The van der Waals surface area contributed by atoms with Gasteiger partial charge in [-0.25, -0.2) is 4.79 Å². The average molecular weight is 305 g/mol. The minimum Gasteiger partial charge on any atom is -0.494 e. The summed E-state index contributed by atoms with van der Waals surface area (Å²) in [4.78, 5) is 25.2. The van der Waals surface area contributed by atoms with Crippen molar-refractivity contribution in [3.8, 4) is 5.75 Å². The molecule has 0 bridgehead atoms. The Bertz CT molecular complexity index is 539. The van der Waals surface area contributed by atoms with Crippen LogP contribution in [0.3, 0.4) is 0 Å². The molecule has 1 aromatic rings. The van der Waals surface area contributed by atoms with E-state index in [2.05, 4.69) is 0 Å². The number of ether oxygens (including phenoxy) is 1. The minimum absolute atomic E-state index is 0.0816. The van der Waals surface area contributed by atoms with Crippen LogP contribution in [-0.4, -0.2) is 40.6 Å². The zero-order valence-electron chi connectivity index (χ0n) is 13.1. The Morgan fingerprint density at radius 3 is 2.73 bits per heavy atom. The SMILES string of the molecule is CCCOc1cccc(CC(=O)N(C2CC2)C(C)C(=O)O)c1. The van der Waals surface area contributed by atoms with Gasteiger partial charge in [-0.2, -0.15) is 0 Å². The van der Waals surface area contributed by atoms with Crippen molar-refractivity contribution in [2.75, 3.05) is 6.61 Å². The van der Waals surface area contributed by atoms with Crippen molar-refractivity contribution in [2.24, 2.45) is 0 Å². The quantitative estimate of drug-likeness (QED) is 0.801. The number of carbonyl (C=O) groups is 2. The van der Waals surface area contributed by atoms with Gasteiger partial charge in [-0.3, -0.25) is 4.79 Å². The maximum atomic E-state index is 12.5. The van der Waals surface area contributed by atoms with Crippen LogP contribution in [0.2, 0.25) is 0 Å². The summed E-state index contributed by atoms with van der Waals surface area (Å²) in [5.74, 6) is -0.346. The summed E-state index contributed by atoms with van der Waals surface area (Å²) in [6.45, 7) is 4.25. The van der Waals surface area contributed by atoms with Gasteiger partial charge in [-0.15, -0.1) is 0 Å². The maximum absolute atomic E-state index is 12.5. The lowest BCUT2D eigenvalue weighted by Crippen LogP contribution is -2.45. The maximum Gasteiger partial charge on any atom is 0.326 e. The van der Waals surface area contributed by atoms with Gasteiger partial charge in [0.25, 0.3) is 0 Å². The third-order valence-corrected chi connectivity index (χ3v) is 3.73. The predicted octanol–water partition coefficient (Wildman–Crippen LogP) is 2.48. The molecule has 5 heteroatoms. The number of carbonyl (C=O) groups excluding carboxylic acids is 1. The molecule has 1 aliphatic carbocycles. The molecule has 1 atom stereocenters. The molecule has 1 amide bonds. The van der Waals surface area contributed by atoms with Crippen LogP contribution in [0.1, 0.15) is 38.7 Å². The Kier molecular flexibility index (Phi) is 5.41. The molecule has 0 heterocycles. The van der Waals surface area contributed by atoms with E-state index in [1.54, 1.807) is 6.92 Å². The van der Waals surface area contributed by atoms with Crippen LogP contribution in [0.5, 0.6) is 5.75 Å². The van der Waals surface area contributed by atoms with Gasteiger partial charge in [0.05, 0.1) is 13.0 Å². The Balaban J connectivity index is 2.04. The van der Waals surface area contributed by atoms with E-state index >= 15 is 0 Å². The van der Waals surface area contributed by atoms with Crippen molar-refractivity contribution in [3.63, 3.8) is 0 Å². The average Bonchev–Trinajstić information content (AvgIpc) is 3.30. The molecule has 22 heavy (non-hydrogen) atoms. The molecule has 0 aromatic heterocycles. The second kappa shape index (κ2) is 7.29. The first-order valence-corrected chi connectivity index (χ1v) is 7.78. The van der Waals surface area contributed by atoms with Crippen LogP contribution >= 0.6 is 0 Å². The molecule has 120 valence electrons. The lowest BCUT2D eigenvalue weighted by atomic mass is 10.1. The largest absolute Gasteiger partial charge is 0.494 e. The number of amides is 1. The smallest absolute Gasteiger partial charge is 0.326 e. The third-order valence-electron chi connectivity index (χ3n) is 3.73. The number of carboxylic acids is 1. The molecule has 1 aliphatic rings. The van der Waals surface area contributed by atoms with Gasteiger partial charge in [-0.05, 0) is 43.9 Å². The molecule has 0 saturated heterocycles. The number of aliphatic carboxylic acids is 1. The van der Waals surface area contributed by atoms with Gasteiger partial charge in [0, 0.05) is 6.04 Å². The Labute approximate surface area is 130 Å². The second-order valence-electron chi connectivity index (χ2n) is 5.72. The van der Waals surface area contributed by atoms with Gasteiger partial charge >= 0.3 is 5.97 Å². The summed E-state index contributed by atoms with van der Waals surface area (Å²) in [7, 11) is 0. The van der Waals surface area contributed by atoms with Gasteiger partial charge in [0.1, 0.15) is 11.8 Å². The first kappa shape index (κ1) is 16.3. The molecule has 1 saturated carbocycles. The van der Waals surface area contributed by atoms with Crippen molar-refractivity contribution in [1.29, 1.82) is 0 Å². The Morgan fingerprint density at radius 1 is 1.41 bits per heavy atom. The fourth-order valence-corrected chi connectivity index (χ4v) is 2.44. The predicted molar refractivity (Wildman–Crippen MR) is 82.9 cm³/mol. The second-order valence-corrected chi connectivity index (χ2v) is 5.72. The molecule has 5 nitrogen and oxygen atoms in total. The summed E-state index contributed by atoms with van der Waals surface area (Å²) in [5.41, 5.74) is 0.849. The summed E-state index contributed by atoms with van der Waals surface area (Å²) < 4.78 is 5.56. The lowest BCUT2D eigenvalue weighted by Gasteiger charge is -2.26. The van der Waals surface area contributed by atoms with E-state index in [0.717, 1.165) is 30.6 Å². The van der Waals surface area contributed by atoms with Crippen LogP contribution < -0.4 is 4.74 Å². The highest BCUT2D eigenvalue weighted by Crippen LogP contribution is 2.29. The molecule has 0 aliphatic heterocycles. The van der Waals surface area contributed by atoms with E-state index in [1.165, 1.54) is 4.90 Å². The molecule has 0 radical (unpaired) electrons. The molecular formula is C17H23NO4. The van der Waals surface area contributed by atoms with Crippen LogP contribution in [0.4, 0.5) is 0 Å². The minimum atomic E-state index is -0.958. The van der Waals surface area contributed by atoms with E-state index in [0.29, 0.717) is 6.61 Å². The molecule has 0 spiro atoms. The summed E-state index contributed by atoms with van der Waals surface area (Å²) >= 11 is 0. The lowest BCUT2D eigenvalue weighted by molar-refractivity contribution is -0.149. The molecule has 1 fully saturated rings. The fraction of sp³-hybridized carbons (Fsp3) is 0.529. The van der Waals surface area contributed by atoms with Crippen molar-refractivity contribution >= 4 is 11.9 Å². The number of carboxylic acid groups (broad SMARTS) is 1. The zero-order chi connectivity index (χ0) is 16.1. The van der Waals surface area contributed by atoms with Crippen molar-refractivity contribution < 1.29 is 19.4 Å². The standard InChI is InChI=1S/C17H23NO4/c1-3-9-22-15-6-4-5-13(10-15)11-16(19)18(14-7-8-14)12(2)17(20)21/h4-6,10,12,14H,3,7-9,11H2,1-2H3,(H,20,21). The highest BCUT2D eigenvalue weighted by molar-refractivity contribution is 5.85. The van der Waals surface area contributed by atoms with Crippen molar-refractivity contribution in [1.82, 2.24) is 4.90 Å². The Hall–Kier alpha value is -2.04. The highest BCUT2D eigenvalue weighted by Gasteiger charge is 2.38. The van der Waals surface area contributed by atoms with E-state index in [1.807, 2.05) is 31.2 Å².